The van der Waals surface area contributed by atoms with Gasteiger partial charge in [0.1, 0.15) is 0 Å². The Morgan fingerprint density at radius 1 is 1.15 bits per heavy atom. The van der Waals surface area contributed by atoms with Crippen LogP contribution in [0.1, 0.15) is 51.2 Å². The zero-order valence-electron chi connectivity index (χ0n) is 13.7. The Hall–Kier alpha value is -0.820. The molecule has 3 unspecified atom stereocenters. The van der Waals surface area contributed by atoms with Crippen LogP contribution in [0.4, 0.5) is 0 Å². The molecule has 0 heterocycles. The zero-order chi connectivity index (χ0) is 14.5. The first kappa shape index (κ1) is 15.6. The van der Waals surface area contributed by atoms with Crippen molar-refractivity contribution < 1.29 is 0 Å². The largest absolute Gasteiger partial charge is 0.314 e. The van der Waals surface area contributed by atoms with Crippen LogP contribution in [0.5, 0.6) is 0 Å². The number of rotatable bonds is 5. The van der Waals surface area contributed by atoms with Crippen molar-refractivity contribution in [3.8, 4) is 0 Å². The molecule has 1 aliphatic carbocycles. The van der Waals surface area contributed by atoms with Gasteiger partial charge in [-0.1, -0.05) is 50.6 Å². The van der Waals surface area contributed by atoms with Crippen LogP contribution in [-0.4, -0.2) is 12.6 Å². The van der Waals surface area contributed by atoms with Gasteiger partial charge in [0.2, 0.25) is 0 Å². The summed E-state index contributed by atoms with van der Waals surface area (Å²) in [6, 6.07) is 9.85. The molecular formula is C19H31N. The van der Waals surface area contributed by atoms with Crippen LogP contribution in [0.15, 0.2) is 24.3 Å². The molecule has 1 aromatic carbocycles. The average Bonchev–Trinajstić information content (AvgIpc) is 2.43. The molecule has 112 valence electrons. The van der Waals surface area contributed by atoms with Crippen molar-refractivity contribution in [1.82, 2.24) is 5.32 Å². The van der Waals surface area contributed by atoms with E-state index >= 15 is 0 Å². The van der Waals surface area contributed by atoms with E-state index < -0.39 is 0 Å². The van der Waals surface area contributed by atoms with Crippen LogP contribution in [0.25, 0.3) is 0 Å². The number of benzene rings is 1. The molecule has 1 fully saturated rings. The fraction of sp³-hybridized carbons (Fsp3) is 0.684. The third-order valence-corrected chi connectivity index (χ3v) is 5.05. The van der Waals surface area contributed by atoms with Gasteiger partial charge in [0.15, 0.2) is 0 Å². The van der Waals surface area contributed by atoms with Crippen LogP contribution < -0.4 is 5.32 Å². The summed E-state index contributed by atoms with van der Waals surface area (Å²) in [5.41, 5.74) is 2.87. The van der Waals surface area contributed by atoms with Crippen molar-refractivity contribution in [3.63, 3.8) is 0 Å². The monoisotopic (exact) mass is 273 g/mol. The summed E-state index contributed by atoms with van der Waals surface area (Å²) in [7, 11) is 0. The number of hydrogen-bond donors (Lipinski definition) is 1. The highest BCUT2D eigenvalue weighted by Crippen LogP contribution is 2.35. The fourth-order valence-electron chi connectivity index (χ4n) is 3.69. The summed E-state index contributed by atoms with van der Waals surface area (Å²) < 4.78 is 0. The molecule has 20 heavy (non-hydrogen) atoms. The Balaban J connectivity index is 2.04. The standard InChI is InChI=1S/C19H31N/c1-5-20-19-11-10-17(14(2)3)13-18(19)12-16-8-6-15(4)7-9-16/h6-9,14,17-20H,5,10-13H2,1-4H3. The van der Waals surface area contributed by atoms with Gasteiger partial charge in [-0.05, 0) is 62.5 Å². The molecule has 0 amide bonds. The lowest BCUT2D eigenvalue weighted by Crippen LogP contribution is -2.42. The smallest absolute Gasteiger partial charge is 0.00985 e. The number of nitrogens with one attached hydrogen (secondary N) is 1. The minimum Gasteiger partial charge on any atom is -0.314 e. The van der Waals surface area contributed by atoms with Crippen molar-refractivity contribution in [2.45, 2.75) is 59.4 Å². The summed E-state index contributed by atoms with van der Waals surface area (Å²) in [6.07, 6.45) is 5.39. The van der Waals surface area contributed by atoms with E-state index in [4.69, 9.17) is 0 Å². The molecule has 2 rings (SSSR count). The molecule has 1 N–H and O–H groups in total. The fourth-order valence-corrected chi connectivity index (χ4v) is 3.69. The van der Waals surface area contributed by atoms with E-state index in [1.807, 2.05) is 0 Å². The van der Waals surface area contributed by atoms with Crippen molar-refractivity contribution in [1.29, 1.82) is 0 Å². The lowest BCUT2D eigenvalue weighted by molar-refractivity contribution is 0.169. The predicted molar refractivity (Wildman–Crippen MR) is 88.0 cm³/mol. The summed E-state index contributed by atoms with van der Waals surface area (Å²) in [5.74, 6) is 2.55. The second kappa shape index (κ2) is 7.26. The molecular weight excluding hydrogens is 242 g/mol. The first-order chi connectivity index (χ1) is 9.60. The highest BCUT2D eigenvalue weighted by molar-refractivity contribution is 5.22. The number of hydrogen-bond acceptors (Lipinski definition) is 1. The maximum Gasteiger partial charge on any atom is 0.00985 e. The summed E-state index contributed by atoms with van der Waals surface area (Å²) in [4.78, 5) is 0. The second-order valence-electron chi connectivity index (χ2n) is 6.93. The maximum atomic E-state index is 3.73. The summed E-state index contributed by atoms with van der Waals surface area (Å²) in [6.45, 7) is 10.3. The third-order valence-electron chi connectivity index (χ3n) is 5.05. The molecule has 3 atom stereocenters. The van der Waals surface area contributed by atoms with Gasteiger partial charge >= 0.3 is 0 Å². The van der Waals surface area contributed by atoms with Gasteiger partial charge in [-0.15, -0.1) is 0 Å². The molecule has 1 heteroatoms. The van der Waals surface area contributed by atoms with E-state index in [0.717, 1.165) is 30.3 Å². The highest BCUT2D eigenvalue weighted by atomic mass is 14.9. The molecule has 0 bridgehead atoms. The van der Waals surface area contributed by atoms with E-state index in [1.165, 1.54) is 36.8 Å². The molecule has 1 nitrogen and oxygen atoms in total. The molecule has 0 spiro atoms. The molecule has 0 radical (unpaired) electrons. The Bertz CT molecular complexity index is 393. The van der Waals surface area contributed by atoms with Crippen LogP contribution in [-0.2, 0) is 6.42 Å². The van der Waals surface area contributed by atoms with Crippen molar-refractivity contribution in [2.24, 2.45) is 17.8 Å². The normalized spacial score (nSPS) is 26.9. The lowest BCUT2D eigenvalue weighted by Gasteiger charge is -2.38. The van der Waals surface area contributed by atoms with Gasteiger partial charge in [0, 0.05) is 6.04 Å². The van der Waals surface area contributed by atoms with Gasteiger partial charge in [0.25, 0.3) is 0 Å². The van der Waals surface area contributed by atoms with Gasteiger partial charge < -0.3 is 5.32 Å². The van der Waals surface area contributed by atoms with E-state index in [1.54, 1.807) is 0 Å². The SMILES string of the molecule is CCNC1CCC(C(C)C)CC1Cc1ccc(C)cc1. The quantitative estimate of drug-likeness (QED) is 0.827. The topological polar surface area (TPSA) is 12.0 Å². The van der Waals surface area contributed by atoms with Crippen molar-refractivity contribution >= 4 is 0 Å². The van der Waals surface area contributed by atoms with Crippen LogP contribution >= 0.6 is 0 Å². The first-order valence-corrected chi connectivity index (χ1v) is 8.39. The summed E-state index contributed by atoms with van der Waals surface area (Å²) >= 11 is 0. The van der Waals surface area contributed by atoms with E-state index in [0.29, 0.717) is 0 Å². The van der Waals surface area contributed by atoms with Gasteiger partial charge in [-0.2, -0.15) is 0 Å². The van der Waals surface area contributed by atoms with Crippen LogP contribution in [0.3, 0.4) is 0 Å². The van der Waals surface area contributed by atoms with E-state index in [9.17, 15) is 0 Å². The van der Waals surface area contributed by atoms with Crippen molar-refractivity contribution in [2.75, 3.05) is 6.54 Å². The Morgan fingerprint density at radius 3 is 2.45 bits per heavy atom. The Kier molecular flexibility index (Phi) is 5.65. The highest BCUT2D eigenvalue weighted by Gasteiger charge is 2.31. The lowest BCUT2D eigenvalue weighted by atomic mass is 9.71. The third kappa shape index (κ3) is 4.09. The second-order valence-corrected chi connectivity index (χ2v) is 6.93. The minimum atomic E-state index is 0.719. The molecule has 0 saturated heterocycles. The van der Waals surface area contributed by atoms with Crippen LogP contribution in [0, 0.1) is 24.7 Å². The van der Waals surface area contributed by atoms with Gasteiger partial charge in [0.05, 0.1) is 0 Å². The average molecular weight is 273 g/mol. The van der Waals surface area contributed by atoms with Crippen molar-refractivity contribution in [3.05, 3.63) is 35.4 Å². The molecule has 1 aromatic rings. The molecule has 1 aliphatic rings. The summed E-state index contributed by atoms with van der Waals surface area (Å²) in [5, 5.41) is 3.73. The Morgan fingerprint density at radius 2 is 1.85 bits per heavy atom. The molecule has 1 saturated carbocycles. The van der Waals surface area contributed by atoms with Gasteiger partial charge in [-0.25, -0.2) is 0 Å². The molecule has 0 aromatic heterocycles. The maximum absolute atomic E-state index is 3.73. The predicted octanol–water partition coefficient (Wildman–Crippen LogP) is 4.59. The number of aryl methyl sites for hydroxylation is 1. The minimum absolute atomic E-state index is 0.719. The van der Waals surface area contributed by atoms with E-state index in [-0.39, 0.29) is 0 Å². The molecule has 0 aliphatic heterocycles. The first-order valence-electron chi connectivity index (χ1n) is 8.39. The van der Waals surface area contributed by atoms with Gasteiger partial charge in [-0.3, -0.25) is 0 Å². The van der Waals surface area contributed by atoms with Crippen LogP contribution in [0.2, 0.25) is 0 Å². The zero-order valence-corrected chi connectivity index (χ0v) is 13.7. The van der Waals surface area contributed by atoms with E-state index in [2.05, 4.69) is 57.3 Å². The Labute approximate surface area is 125 Å².